The predicted molar refractivity (Wildman–Crippen MR) is 49.1 cm³/mol. The quantitative estimate of drug-likeness (QED) is 0.712. The first kappa shape index (κ1) is 12.5. The first-order valence-electron chi connectivity index (χ1n) is 4.22. The number of aliphatic hydroxyl groups is 1. The van der Waals surface area contributed by atoms with Crippen LogP contribution in [-0.2, 0) is 13.2 Å². The van der Waals surface area contributed by atoms with Crippen molar-refractivity contribution in [2.24, 2.45) is 5.73 Å². The van der Waals surface area contributed by atoms with Gasteiger partial charge in [0.1, 0.15) is 5.82 Å². The van der Waals surface area contributed by atoms with Crippen LogP contribution >= 0.6 is 0 Å². The smallest absolute Gasteiger partial charge is 0.403 e. The van der Waals surface area contributed by atoms with Crippen molar-refractivity contribution in [1.82, 2.24) is 4.98 Å². The Kier molecular flexibility index (Phi) is 3.55. The van der Waals surface area contributed by atoms with Crippen LogP contribution in [0.3, 0.4) is 0 Å². The molecule has 1 aromatic heterocycles. The van der Waals surface area contributed by atoms with Crippen molar-refractivity contribution in [2.75, 3.05) is 5.73 Å². The van der Waals surface area contributed by atoms with E-state index in [9.17, 15) is 13.2 Å². The minimum atomic E-state index is -4.87. The van der Waals surface area contributed by atoms with Crippen LogP contribution < -0.4 is 16.2 Å². The summed E-state index contributed by atoms with van der Waals surface area (Å²) in [5.41, 5.74) is 10.3. The fourth-order valence-electron chi connectivity index (χ4n) is 1.16. The van der Waals surface area contributed by atoms with E-state index in [1.807, 2.05) is 0 Å². The van der Waals surface area contributed by atoms with E-state index >= 15 is 0 Å². The van der Waals surface area contributed by atoms with Crippen LogP contribution in [0.2, 0.25) is 0 Å². The fraction of sp³-hybridized carbons (Fsp3) is 0.375. The van der Waals surface area contributed by atoms with Crippen LogP contribution in [0.4, 0.5) is 19.0 Å². The van der Waals surface area contributed by atoms with Crippen LogP contribution in [0.1, 0.15) is 11.3 Å². The molecule has 0 spiro atoms. The highest BCUT2D eigenvalue weighted by Gasteiger charge is 2.33. The molecule has 0 aliphatic heterocycles. The number of alkyl halides is 3. The summed E-state index contributed by atoms with van der Waals surface area (Å²) in [6.45, 7) is -0.922. The van der Waals surface area contributed by atoms with E-state index in [1.165, 1.54) is 0 Å². The molecule has 8 heteroatoms. The average Bonchev–Trinajstić information content (AvgIpc) is 2.18. The molecule has 0 aromatic carbocycles. The number of nitrogen functional groups attached to an aromatic ring is 1. The number of aromatic nitrogens is 1. The second-order valence-corrected chi connectivity index (χ2v) is 2.89. The third kappa shape index (κ3) is 2.97. The first-order valence-corrected chi connectivity index (χ1v) is 4.22. The van der Waals surface area contributed by atoms with Crippen molar-refractivity contribution in [3.05, 3.63) is 17.3 Å². The van der Waals surface area contributed by atoms with Gasteiger partial charge < -0.3 is 21.3 Å². The summed E-state index contributed by atoms with van der Waals surface area (Å²) in [6.07, 6.45) is -4.87. The maximum atomic E-state index is 12.1. The molecule has 0 bridgehead atoms. The Balaban J connectivity index is 3.22. The van der Waals surface area contributed by atoms with Crippen molar-refractivity contribution in [1.29, 1.82) is 0 Å². The van der Waals surface area contributed by atoms with Gasteiger partial charge in [-0.3, -0.25) is 0 Å². The molecule has 0 atom stereocenters. The Hall–Kier alpha value is -1.54. The van der Waals surface area contributed by atoms with Gasteiger partial charge in [0, 0.05) is 12.1 Å². The number of nitrogens with zero attached hydrogens (tertiary/aromatic N) is 1. The SMILES string of the molecule is NCc1nc(N)cc(CO)c1OC(F)(F)F. The molecular formula is C8H10F3N3O2. The van der Waals surface area contributed by atoms with Crippen LogP contribution in [0, 0.1) is 0 Å². The van der Waals surface area contributed by atoms with Crippen molar-refractivity contribution in [3.8, 4) is 5.75 Å². The molecule has 5 N–H and O–H groups in total. The van der Waals surface area contributed by atoms with Gasteiger partial charge in [-0.25, -0.2) is 4.98 Å². The summed E-state index contributed by atoms with van der Waals surface area (Å²) >= 11 is 0. The van der Waals surface area contributed by atoms with Gasteiger partial charge in [-0.2, -0.15) is 0 Å². The second kappa shape index (κ2) is 4.54. The maximum absolute atomic E-state index is 12.1. The molecule has 0 aliphatic rings. The van der Waals surface area contributed by atoms with Gasteiger partial charge >= 0.3 is 6.36 Å². The van der Waals surface area contributed by atoms with E-state index in [0.717, 1.165) is 6.07 Å². The average molecular weight is 237 g/mol. The molecule has 0 saturated carbocycles. The van der Waals surface area contributed by atoms with E-state index in [1.54, 1.807) is 0 Å². The Morgan fingerprint density at radius 2 is 2.06 bits per heavy atom. The zero-order valence-corrected chi connectivity index (χ0v) is 8.08. The molecule has 1 aromatic rings. The second-order valence-electron chi connectivity index (χ2n) is 2.89. The van der Waals surface area contributed by atoms with Crippen molar-refractivity contribution >= 4 is 5.82 Å². The van der Waals surface area contributed by atoms with E-state index in [4.69, 9.17) is 16.6 Å². The Morgan fingerprint density at radius 3 is 2.50 bits per heavy atom. The summed E-state index contributed by atoms with van der Waals surface area (Å²) in [4.78, 5) is 3.60. The molecule has 0 amide bonds. The lowest BCUT2D eigenvalue weighted by atomic mass is 10.2. The van der Waals surface area contributed by atoms with Crippen molar-refractivity contribution < 1.29 is 23.0 Å². The number of hydrogen-bond donors (Lipinski definition) is 3. The van der Waals surface area contributed by atoms with Crippen LogP contribution in [0.15, 0.2) is 6.07 Å². The summed E-state index contributed by atoms with van der Waals surface area (Å²) < 4.78 is 40.0. The van der Waals surface area contributed by atoms with E-state index < -0.39 is 18.7 Å². The molecule has 0 fully saturated rings. The molecule has 0 saturated heterocycles. The van der Waals surface area contributed by atoms with Gasteiger partial charge in [0.05, 0.1) is 12.3 Å². The number of ether oxygens (including phenoxy) is 1. The van der Waals surface area contributed by atoms with Crippen molar-refractivity contribution in [2.45, 2.75) is 19.5 Å². The lowest BCUT2D eigenvalue weighted by Crippen LogP contribution is -2.21. The highest BCUT2D eigenvalue weighted by Crippen LogP contribution is 2.30. The number of aliphatic hydroxyl groups excluding tert-OH is 1. The minimum Gasteiger partial charge on any atom is -0.403 e. The minimum absolute atomic E-state index is 0.0287. The van der Waals surface area contributed by atoms with Gasteiger partial charge in [-0.1, -0.05) is 0 Å². The number of anilines is 1. The Bertz CT molecular complexity index is 356. The molecule has 0 aliphatic carbocycles. The van der Waals surface area contributed by atoms with E-state index in [-0.39, 0.29) is 23.6 Å². The molecular weight excluding hydrogens is 227 g/mol. The van der Waals surface area contributed by atoms with Crippen LogP contribution in [-0.4, -0.2) is 16.5 Å². The van der Waals surface area contributed by atoms with Crippen molar-refractivity contribution in [3.63, 3.8) is 0 Å². The van der Waals surface area contributed by atoms with Gasteiger partial charge in [-0.15, -0.1) is 13.2 Å². The molecule has 90 valence electrons. The zero-order chi connectivity index (χ0) is 12.3. The molecule has 1 rings (SSSR count). The standard InChI is InChI=1S/C8H10F3N3O2/c9-8(10,11)16-7-4(3-15)1-6(13)14-5(7)2-12/h1,15H,2-3,12H2,(H2,13,14). The lowest BCUT2D eigenvalue weighted by Gasteiger charge is -2.15. The van der Waals surface area contributed by atoms with Gasteiger partial charge in [0.25, 0.3) is 0 Å². The number of halogens is 3. The Morgan fingerprint density at radius 1 is 1.44 bits per heavy atom. The van der Waals surface area contributed by atoms with Crippen LogP contribution in [0.25, 0.3) is 0 Å². The first-order chi connectivity index (χ1) is 7.37. The third-order valence-electron chi connectivity index (χ3n) is 1.72. The molecule has 0 radical (unpaired) electrons. The number of pyridine rings is 1. The summed E-state index contributed by atoms with van der Waals surface area (Å²) in [5, 5.41) is 8.89. The topological polar surface area (TPSA) is 94.4 Å². The van der Waals surface area contributed by atoms with E-state index in [0.29, 0.717) is 0 Å². The highest BCUT2D eigenvalue weighted by atomic mass is 19.4. The molecule has 16 heavy (non-hydrogen) atoms. The third-order valence-corrected chi connectivity index (χ3v) is 1.72. The highest BCUT2D eigenvalue weighted by molar-refractivity contribution is 5.45. The molecule has 5 nitrogen and oxygen atoms in total. The largest absolute Gasteiger partial charge is 0.573 e. The summed E-state index contributed by atoms with van der Waals surface area (Å²) in [6, 6.07) is 1.10. The fourth-order valence-corrected chi connectivity index (χ4v) is 1.16. The lowest BCUT2D eigenvalue weighted by molar-refractivity contribution is -0.275. The molecule has 1 heterocycles. The molecule has 0 unspecified atom stereocenters. The Labute approximate surface area is 88.8 Å². The summed E-state index contributed by atoms with van der Waals surface area (Å²) in [5.74, 6) is -0.620. The predicted octanol–water partition coefficient (Wildman–Crippen LogP) is 0.513. The monoisotopic (exact) mass is 237 g/mol. The van der Waals surface area contributed by atoms with Gasteiger partial charge in [0.15, 0.2) is 5.75 Å². The zero-order valence-electron chi connectivity index (χ0n) is 8.08. The van der Waals surface area contributed by atoms with Gasteiger partial charge in [-0.05, 0) is 6.07 Å². The number of rotatable bonds is 3. The number of nitrogens with two attached hydrogens (primary N) is 2. The maximum Gasteiger partial charge on any atom is 0.573 e. The van der Waals surface area contributed by atoms with E-state index in [2.05, 4.69) is 9.72 Å². The number of hydrogen-bond acceptors (Lipinski definition) is 5. The van der Waals surface area contributed by atoms with Crippen LogP contribution in [0.5, 0.6) is 5.75 Å². The normalized spacial score (nSPS) is 11.6. The van der Waals surface area contributed by atoms with Gasteiger partial charge in [0.2, 0.25) is 0 Å². The summed E-state index contributed by atoms with van der Waals surface area (Å²) in [7, 11) is 0.